The number of nitrogens with one attached hydrogen (secondary N) is 1. The first-order valence-electron chi connectivity index (χ1n) is 7.25. The van der Waals surface area contributed by atoms with Gasteiger partial charge in [-0.25, -0.2) is 13.1 Å². The van der Waals surface area contributed by atoms with E-state index >= 15 is 0 Å². The third-order valence-electron chi connectivity index (χ3n) is 3.61. The molecule has 1 aromatic carbocycles. The molecule has 124 valence electrons. The van der Waals surface area contributed by atoms with E-state index in [1.807, 2.05) is 31.4 Å². The molecule has 0 saturated carbocycles. The van der Waals surface area contributed by atoms with E-state index in [0.717, 1.165) is 10.4 Å². The topological polar surface area (TPSA) is 66.5 Å². The lowest BCUT2D eigenvalue weighted by Crippen LogP contribution is -2.31. The Labute approximate surface area is 141 Å². The number of benzene rings is 1. The van der Waals surface area contributed by atoms with Crippen LogP contribution in [0, 0.1) is 6.92 Å². The lowest BCUT2D eigenvalue weighted by atomic mass is 10.1. The highest BCUT2D eigenvalue weighted by molar-refractivity contribution is 7.89. The fourth-order valence-corrected chi connectivity index (χ4v) is 3.68. The second-order valence-electron chi connectivity index (χ2n) is 5.08. The van der Waals surface area contributed by atoms with Crippen LogP contribution in [-0.4, -0.2) is 32.8 Å². The minimum atomic E-state index is -3.57. The molecule has 1 heterocycles. The second-order valence-corrected chi connectivity index (χ2v) is 8.00. The van der Waals surface area contributed by atoms with Crippen LogP contribution in [0.25, 0.3) is 0 Å². The van der Waals surface area contributed by atoms with Crippen molar-refractivity contribution in [3.8, 4) is 0 Å². The number of aryl methyl sites for hydroxylation is 1. The van der Waals surface area contributed by atoms with Crippen LogP contribution >= 0.6 is 11.3 Å². The SMILES string of the molecule is CCN(Cc1cccs1)C(=O)c1cc(S(=O)(=O)NC)ccc1C. The number of hydrogen-bond donors (Lipinski definition) is 1. The summed E-state index contributed by atoms with van der Waals surface area (Å²) in [5.74, 6) is -0.161. The van der Waals surface area contributed by atoms with Crippen LogP contribution in [-0.2, 0) is 16.6 Å². The van der Waals surface area contributed by atoms with Gasteiger partial charge in [-0.3, -0.25) is 4.79 Å². The summed E-state index contributed by atoms with van der Waals surface area (Å²) in [6.45, 7) is 4.80. The molecule has 23 heavy (non-hydrogen) atoms. The third kappa shape index (κ3) is 3.99. The van der Waals surface area contributed by atoms with Crippen LogP contribution in [0.4, 0.5) is 0 Å². The van der Waals surface area contributed by atoms with Gasteiger partial charge in [0, 0.05) is 17.0 Å². The van der Waals surface area contributed by atoms with Gasteiger partial charge in [-0.05, 0) is 50.0 Å². The summed E-state index contributed by atoms with van der Waals surface area (Å²) in [6.07, 6.45) is 0. The van der Waals surface area contributed by atoms with E-state index in [1.54, 1.807) is 22.3 Å². The number of carbonyl (C=O) groups is 1. The van der Waals surface area contributed by atoms with E-state index in [4.69, 9.17) is 0 Å². The smallest absolute Gasteiger partial charge is 0.254 e. The van der Waals surface area contributed by atoms with Gasteiger partial charge in [-0.15, -0.1) is 11.3 Å². The zero-order valence-electron chi connectivity index (χ0n) is 13.4. The number of nitrogens with zero attached hydrogens (tertiary/aromatic N) is 1. The maximum Gasteiger partial charge on any atom is 0.254 e. The van der Waals surface area contributed by atoms with Crippen LogP contribution in [0.3, 0.4) is 0 Å². The molecule has 0 unspecified atom stereocenters. The van der Waals surface area contributed by atoms with Crippen LogP contribution in [0.2, 0.25) is 0 Å². The average Bonchev–Trinajstić information content (AvgIpc) is 3.05. The van der Waals surface area contributed by atoms with Crippen molar-refractivity contribution in [2.45, 2.75) is 25.3 Å². The van der Waals surface area contributed by atoms with Crippen LogP contribution in [0.5, 0.6) is 0 Å². The van der Waals surface area contributed by atoms with Gasteiger partial charge >= 0.3 is 0 Å². The van der Waals surface area contributed by atoms with E-state index in [9.17, 15) is 13.2 Å². The molecule has 7 heteroatoms. The summed E-state index contributed by atoms with van der Waals surface area (Å²) in [4.78, 5) is 15.7. The molecule has 2 rings (SSSR count). The zero-order chi connectivity index (χ0) is 17.0. The van der Waals surface area contributed by atoms with Crippen LogP contribution in [0.1, 0.15) is 27.7 Å². The predicted octanol–water partition coefficient (Wildman–Crippen LogP) is 2.63. The maximum atomic E-state index is 12.8. The molecule has 5 nitrogen and oxygen atoms in total. The number of carbonyl (C=O) groups excluding carboxylic acids is 1. The van der Waals surface area contributed by atoms with Crippen molar-refractivity contribution in [1.82, 2.24) is 9.62 Å². The largest absolute Gasteiger partial charge is 0.334 e. The summed E-state index contributed by atoms with van der Waals surface area (Å²) >= 11 is 1.59. The molecule has 0 atom stereocenters. The molecular formula is C16H20N2O3S2. The number of thiophene rings is 1. The highest BCUT2D eigenvalue weighted by Gasteiger charge is 2.20. The Morgan fingerprint density at radius 2 is 2.04 bits per heavy atom. The van der Waals surface area contributed by atoms with Gasteiger partial charge in [-0.1, -0.05) is 12.1 Å². The number of hydrogen-bond acceptors (Lipinski definition) is 4. The van der Waals surface area contributed by atoms with Gasteiger partial charge in [0.05, 0.1) is 11.4 Å². The number of amides is 1. The molecule has 0 saturated heterocycles. The second kappa shape index (κ2) is 7.25. The first kappa shape index (κ1) is 17.7. The molecule has 0 bridgehead atoms. The van der Waals surface area contributed by atoms with Crippen molar-refractivity contribution in [1.29, 1.82) is 0 Å². The molecule has 0 fully saturated rings. The van der Waals surface area contributed by atoms with Crippen molar-refractivity contribution >= 4 is 27.3 Å². The quantitative estimate of drug-likeness (QED) is 0.869. The van der Waals surface area contributed by atoms with Gasteiger partial charge in [0.25, 0.3) is 5.91 Å². The molecule has 0 aliphatic rings. The van der Waals surface area contributed by atoms with Gasteiger partial charge in [0.2, 0.25) is 10.0 Å². The molecule has 0 aliphatic heterocycles. The molecule has 0 spiro atoms. The molecule has 0 radical (unpaired) electrons. The maximum absolute atomic E-state index is 12.8. The third-order valence-corrected chi connectivity index (χ3v) is 5.89. The number of sulfonamides is 1. The Morgan fingerprint density at radius 3 is 2.61 bits per heavy atom. The summed E-state index contributed by atoms with van der Waals surface area (Å²) in [5, 5.41) is 1.97. The first-order chi connectivity index (χ1) is 10.9. The van der Waals surface area contributed by atoms with Gasteiger partial charge in [0.15, 0.2) is 0 Å². The molecule has 2 aromatic rings. The fourth-order valence-electron chi connectivity index (χ4n) is 2.20. The Morgan fingerprint density at radius 1 is 1.30 bits per heavy atom. The van der Waals surface area contributed by atoms with Crippen molar-refractivity contribution in [2.24, 2.45) is 0 Å². The molecule has 1 amide bonds. The molecular weight excluding hydrogens is 332 g/mol. The van der Waals surface area contributed by atoms with E-state index < -0.39 is 10.0 Å². The lowest BCUT2D eigenvalue weighted by Gasteiger charge is -2.21. The average molecular weight is 352 g/mol. The van der Waals surface area contributed by atoms with Gasteiger partial charge in [-0.2, -0.15) is 0 Å². The molecule has 0 aliphatic carbocycles. The molecule has 1 aromatic heterocycles. The standard InChI is InChI=1S/C16H20N2O3S2/c1-4-18(11-13-6-5-9-22-13)16(19)15-10-14(8-7-12(15)2)23(20,21)17-3/h5-10,17H,4,11H2,1-3H3. The monoisotopic (exact) mass is 352 g/mol. The minimum absolute atomic E-state index is 0.0983. The summed E-state index contributed by atoms with van der Waals surface area (Å²) in [5.41, 5.74) is 1.18. The first-order valence-corrected chi connectivity index (χ1v) is 9.61. The number of rotatable bonds is 6. The predicted molar refractivity (Wildman–Crippen MR) is 92.2 cm³/mol. The molecule has 1 N–H and O–H groups in total. The van der Waals surface area contributed by atoms with Gasteiger partial charge in [0.1, 0.15) is 0 Å². The Balaban J connectivity index is 2.35. The lowest BCUT2D eigenvalue weighted by molar-refractivity contribution is 0.0753. The van der Waals surface area contributed by atoms with E-state index in [-0.39, 0.29) is 10.8 Å². The Bertz CT molecular complexity index is 784. The normalized spacial score (nSPS) is 11.4. The van der Waals surface area contributed by atoms with Crippen molar-refractivity contribution in [3.63, 3.8) is 0 Å². The summed E-state index contributed by atoms with van der Waals surface area (Å²) in [6, 6.07) is 8.55. The van der Waals surface area contributed by atoms with Gasteiger partial charge < -0.3 is 4.90 Å². The van der Waals surface area contributed by atoms with Crippen LogP contribution in [0.15, 0.2) is 40.6 Å². The highest BCUT2D eigenvalue weighted by Crippen LogP contribution is 2.19. The van der Waals surface area contributed by atoms with E-state index in [1.165, 1.54) is 19.2 Å². The summed E-state index contributed by atoms with van der Waals surface area (Å²) < 4.78 is 26.2. The van der Waals surface area contributed by atoms with E-state index in [0.29, 0.717) is 18.7 Å². The van der Waals surface area contributed by atoms with Crippen molar-refractivity contribution < 1.29 is 13.2 Å². The zero-order valence-corrected chi connectivity index (χ0v) is 15.0. The summed E-state index contributed by atoms with van der Waals surface area (Å²) in [7, 11) is -2.22. The fraction of sp³-hybridized carbons (Fsp3) is 0.312. The minimum Gasteiger partial charge on any atom is -0.334 e. The van der Waals surface area contributed by atoms with E-state index in [2.05, 4.69) is 4.72 Å². The Hall–Kier alpha value is -1.70. The van der Waals surface area contributed by atoms with Crippen molar-refractivity contribution in [3.05, 3.63) is 51.7 Å². The highest BCUT2D eigenvalue weighted by atomic mass is 32.2. The van der Waals surface area contributed by atoms with Crippen LogP contribution < -0.4 is 4.72 Å². The van der Waals surface area contributed by atoms with Crippen molar-refractivity contribution in [2.75, 3.05) is 13.6 Å². The Kier molecular flexibility index (Phi) is 5.56.